The van der Waals surface area contributed by atoms with E-state index >= 15 is 0 Å². The fourth-order valence-electron chi connectivity index (χ4n) is 3.12. The van der Waals surface area contributed by atoms with Crippen molar-refractivity contribution in [2.24, 2.45) is 0 Å². The van der Waals surface area contributed by atoms with Gasteiger partial charge in [0.2, 0.25) is 5.91 Å². The second-order valence-corrected chi connectivity index (χ2v) is 7.69. The molecule has 2 amide bonds. The Hall–Kier alpha value is -3.69. The van der Waals surface area contributed by atoms with Gasteiger partial charge in [0.15, 0.2) is 0 Å². The van der Waals surface area contributed by atoms with Gasteiger partial charge >= 0.3 is 7.12 Å². The first kappa shape index (κ1) is 26.6. The molecule has 3 rings (SSSR count). The minimum Gasteiger partial charge on any atom is -0.497 e. The first-order chi connectivity index (χ1) is 16.3. The average Bonchev–Trinajstić information content (AvgIpc) is 2.83. The molecular formula is C25H30BN3O5. The molecule has 1 heterocycles. The first-order valence-electron chi connectivity index (χ1n) is 10.8. The Morgan fingerprint density at radius 2 is 1.74 bits per heavy atom. The summed E-state index contributed by atoms with van der Waals surface area (Å²) in [7, 11) is -0.114. The molecule has 0 saturated carbocycles. The number of ether oxygens (including phenoxy) is 1. The van der Waals surface area contributed by atoms with Gasteiger partial charge in [0.1, 0.15) is 5.75 Å². The third-order valence-corrected chi connectivity index (χ3v) is 4.77. The zero-order valence-electron chi connectivity index (χ0n) is 19.6. The van der Waals surface area contributed by atoms with E-state index in [4.69, 9.17) is 14.8 Å². The number of pyridine rings is 1. The van der Waals surface area contributed by atoms with Crippen LogP contribution in [-0.4, -0.2) is 47.5 Å². The van der Waals surface area contributed by atoms with Crippen molar-refractivity contribution < 1.29 is 24.4 Å². The molecular weight excluding hydrogens is 433 g/mol. The molecule has 3 aromatic rings. The molecule has 34 heavy (non-hydrogen) atoms. The van der Waals surface area contributed by atoms with Crippen LogP contribution in [0.3, 0.4) is 0 Å². The molecule has 0 saturated heterocycles. The molecule has 0 aliphatic heterocycles. The van der Waals surface area contributed by atoms with Crippen LogP contribution in [0.15, 0.2) is 73.1 Å². The maximum atomic E-state index is 12.4. The predicted octanol–water partition coefficient (Wildman–Crippen LogP) is 2.38. The van der Waals surface area contributed by atoms with Crippen molar-refractivity contribution in [1.29, 1.82) is 0 Å². The number of nitrogens with one attached hydrogen (secondary N) is 2. The molecule has 0 spiro atoms. The minimum absolute atomic E-state index is 0.0775. The van der Waals surface area contributed by atoms with Crippen molar-refractivity contribution in [2.45, 2.75) is 26.3 Å². The molecule has 9 heteroatoms. The summed E-state index contributed by atoms with van der Waals surface area (Å²) in [5, 5.41) is 22.9. The van der Waals surface area contributed by atoms with E-state index in [9.17, 15) is 9.59 Å². The van der Waals surface area contributed by atoms with Crippen molar-refractivity contribution in [3.05, 3.63) is 95.3 Å². The van der Waals surface area contributed by atoms with Crippen molar-refractivity contribution in [3.8, 4) is 5.75 Å². The number of carbonyl (C=O) groups excluding carboxylic acids is 2. The lowest BCUT2D eigenvalue weighted by Crippen LogP contribution is -2.38. The van der Waals surface area contributed by atoms with Crippen molar-refractivity contribution in [1.82, 2.24) is 15.6 Å². The van der Waals surface area contributed by atoms with Gasteiger partial charge in [0, 0.05) is 12.4 Å². The normalized spacial score (nSPS) is 10.9. The van der Waals surface area contributed by atoms with Gasteiger partial charge < -0.3 is 25.4 Å². The second-order valence-electron chi connectivity index (χ2n) is 7.69. The molecule has 1 unspecified atom stereocenters. The van der Waals surface area contributed by atoms with Crippen molar-refractivity contribution in [3.63, 3.8) is 0 Å². The Labute approximate surface area is 200 Å². The molecule has 0 fully saturated rings. The Balaban J connectivity index is 0.000000430. The second kappa shape index (κ2) is 13.8. The minimum atomic E-state index is -1.64. The zero-order valence-corrected chi connectivity index (χ0v) is 19.6. The van der Waals surface area contributed by atoms with E-state index in [0.29, 0.717) is 16.9 Å². The summed E-state index contributed by atoms with van der Waals surface area (Å²) in [5.41, 5.74) is 3.72. The van der Waals surface area contributed by atoms with Gasteiger partial charge in [0.25, 0.3) is 5.91 Å². The highest BCUT2D eigenvalue weighted by Gasteiger charge is 2.21. The summed E-state index contributed by atoms with van der Waals surface area (Å²) in [6.07, 6.45) is 2.62. The lowest BCUT2D eigenvalue weighted by atomic mass is 9.92. The summed E-state index contributed by atoms with van der Waals surface area (Å²) in [6.45, 7) is 4.21. The molecule has 1 atom stereocenters. The SMILES string of the molecule is COc1cccc(C(CC(=O)NCB(O)O)NC(=O)c2cccnc2)c1.Cc1cccc(C)c1. The number of rotatable bonds is 8. The van der Waals surface area contributed by atoms with Gasteiger partial charge in [-0.05, 0) is 43.7 Å². The molecule has 2 aromatic carbocycles. The Morgan fingerprint density at radius 1 is 1.03 bits per heavy atom. The first-order valence-corrected chi connectivity index (χ1v) is 10.8. The molecule has 0 aliphatic carbocycles. The monoisotopic (exact) mass is 463 g/mol. The van der Waals surface area contributed by atoms with E-state index in [2.05, 4.69) is 53.7 Å². The van der Waals surface area contributed by atoms with Crippen molar-refractivity contribution >= 4 is 18.9 Å². The Kier molecular flexibility index (Phi) is 10.8. The van der Waals surface area contributed by atoms with Crippen LogP contribution in [0.5, 0.6) is 5.75 Å². The summed E-state index contributed by atoms with van der Waals surface area (Å²) in [5.74, 6) is -0.215. The van der Waals surface area contributed by atoms with Crippen LogP contribution < -0.4 is 15.4 Å². The molecule has 1 aromatic heterocycles. The number of aryl methyl sites for hydroxylation is 2. The molecule has 0 bridgehead atoms. The summed E-state index contributed by atoms with van der Waals surface area (Å²) >= 11 is 0. The van der Waals surface area contributed by atoms with Crippen LogP contribution in [0.25, 0.3) is 0 Å². The van der Waals surface area contributed by atoms with E-state index < -0.39 is 19.1 Å². The van der Waals surface area contributed by atoms with E-state index in [1.807, 2.05) is 0 Å². The Bertz CT molecular complexity index is 1050. The van der Waals surface area contributed by atoms with Gasteiger partial charge in [0.05, 0.1) is 31.6 Å². The number of benzene rings is 2. The fraction of sp³-hybridized carbons (Fsp3) is 0.240. The molecule has 178 valence electrons. The maximum absolute atomic E-state index is 12.4. The van der Waals surface area contributed by atoms with Crippen LogP contribution in [0.1, 0.15) is 39.5 Å². The standard InChI is InChI=1S/C17H20BN3O5.C8H10/c1-26-14-6-2-4-12(8-14)15(9-16(22)20-11-18(24)25)21-17(23)13-5-3-7-19-10-13;1-7-4-3-5-8(2)6-7/h2-8,10,15,24-25H,9,11H2,1H3,(H,20,22)(H,21,23);3-6H,1-2H3. The predicted molar refractivity (Wildman–Crippen MR) is 131 cm³/mol. The smallest absolute Gasteiger partial charge is 0.472 e. The van der Waals surface area contributed by atoms with Gasteiger partial charge in [-0.2, -0.15) is 0 Å². The topological polar surface area (TPSA) is 121 Å². The fourth-order valence-corrected chi connectivity index (χ4v) is 3.12. The van der Waals surface area contributed by atoms with Gasteiger partial charge in [-0.1, -0.05) is 47.5 Å². The van der Waals surface area contributed by atoms with Crippen molar-refractivity contribution in [2.75, 3.05) is 13.6 Å². The molecule has 0 aliphatic rings. The lowest BCUT2D eigenvalue weighted by molar-refractivity contribution is -0.121. The number of hydrogen-bond donors (Lipinski definition) is 4. The largest absolute Gasteiger partial charge is 0.497 e. The number of methoxy groups -OCH3 is 1. The number of aromatic nitrogens is 1. The van der Waals surface area contributed by atoms with E-state index in [0.717, 1.165) is 0 Å². The number of hydrogen-bond acceptors (Lipinski definition) is 6. The van der Waals surface area contributed by atoms with E-state index in [-0.39, 0.29) is 18.8 Å². The van der Waals surface area contributed by atoms with Crippen LogP contribution >= 0.6 is 0 Å². The van der Waals surface area contributed by atoms with Crippen LogP contribution in [0.4, 0.5) is 0 Å². The summed E-state index contributed by atoms with van der Waals surface area (Å²) in [6, 6.07) is 18.1. The highest BCUT2D eigenvalue weighted by molar-refractivity contribution is 6.41. The van der Waals surface area contributed by atoms with Crippen LogP contribution in [0, 0.1) is 13.8 Å². The van der Waals surface area contributed by atoms with E-state index in [1.54, 1.807) is 42.6 Å². The molecule has 0 radical (unpaired) electrons. The third-order valence-electron chi connectivity index (χ3n) is 4.77. The van der Waals surface area contributed by atoms with Gasteiger partial charge in [-0.25, -0.2) is 0 Å². The lowest BCUT2D eigenvalue weighted by Gasteiger charge is -2.19. The molecule has 4 N–H and O–H groups in total. The highest BCUT2D eigenvalue weighted by atomic mass is 16.5. The third kappa shape index (κ3) is 9.44. The number of nitrogens with zero attached hydrogens (tertiary/aromatic N) is 1. The van der Waals surface area contributed by atoms with Crippen LogP contribution in [-0.2, 0) is 4.79 Å². The average molecular weight is 463 g/mol. The highest BCUT2D eigenvalue weighted by Crippen LogP contribution is 2.22. The number of carbonyl (C=O) groups is 2. The van der Waals surface area contributed by atoms with E-state index in [1.165, 1.54) is 24.4 Å². The maximum Gasteiger partial charge on any atom is 0.472 e. The van der Waals surface area contributed by atoms with Crippen LogP contribution in [0.2, 0.25) is 0 Å². The van der Waals surface area contributed by atoms with Gasteiger partial charge in [-0.15, -0.1) is 0 Å². The summed E-state index contributed by atoms with van der Waals surface area (Å²) < 4.78 is 5.19. The Morgan fingerprint density at radius 3 is 2.29 bits per heavy atom. The number of amides is 2. The zero-order chi connectivity index (χ0) is 24.9. The quantitative estimate of drug-likeness (QED) is 0.381. The summed E-state index contributed by atoms with van der Waals surface area (Å²) in [4.78, 5) is 28.4. The molecule has 8 nitrogen and oxygen atoms in total. The van der Waals surface area contributed by atoms with Gasteiger partial charge in [-0.3, -0.25) is 14.6 Å².